The van der Waals surface area contributed by atoms with Crippen molar-refractivity contribution in [1.82, 2.24) is 14.7 Å². The molecule has 7 heteroatoms. The van der Waals surface area contributed by atoms with Gasteiger partial charge in [0.1, 0.15) is 0 Å². The van der Waals surface area contributed by atoms with Gasteiger partial charge in [-0.2, -0.15) is 0 Å². The summed E-state index contributed by atoms with van der Waals surface area (Å²) in [6.07, 6.45) is 10.8. The van der Waals surface area contributed by atoms with Gasteiger partial charge in [-0.1, -0.05) is 31.3 Å². The highest BCUT2D eigenvalue weighted by molar-refractivity contribution is 5.78. The maximum atomic E-state index is 13.3. The molecule has 3 rings (SSSR count). The van der Waals surface area contributed by atoms with Gasteiger partial charge in [-0.3, -0.25) is 14.6 Å². The van der Waals surface area contributed by atoms with Crippen molar-refractivity contribution in [3.63, 3.8) is 0 Å². The van der Waals surface area contributed by atoms with Gasteiger partial charge in [0.25, 0.3) is 0 Å². The third-order valence-corrected chi connectivity index (χ3v) is 7.06. The molecule has 1 amide bonds. The Morgan fingerprint density at radius 2 is 1.64 bits per heavy atom. The molecule has 0 spiro atoms. The molecule has 28 heavy (non-hydrogen) atoms. The van der Waals surface area contributed by atoms with Gasteiger partial charge in [-0.15, -0.1) is 0 Å². The number of piperidine rings is 2. The van der Waals surface area contributed by atoms with Gasteiger partial charge in [0.15, 0.2) is 0 Å². The molecule has 0 aromatic rings. The zero-order valence-electron chi connectivity index (χ0n) is 17.6. The van der Waals surface area contributed by atoms with Crippen molar-refractivity contribution < 1.29 is 4.79 Å². The molecule has 0 aromatic carbocycles. The first-order valence-corrected chi connectivity index (χ1v) is 11.4. The van der Waals surface area contributed by atoms with Crippen LogP contribution in [0.4, 0.5) is 0 Å². The van der Waals surface area contributed by atoms with Crippen LogP contribution in [-0.2, 0) is 4.79 Å². The summed E-state index contributed by atoms with van der Waals surface area (Å²) in [5.74, 6) is 1.74. The summed E-state index contributed by atoms with van der Waals surface area (Å²) in [7, 11) is 0. The second kappa shape index (κ2) is 11.0. The SMILES string of the molecule is CC1CCN(CC(=O)N(CC2CCN(CN=[N+]=[N-])CC2)C2CCCCC2)CC1. The standard InChI is InChI=1S/C21H38N6O/c1-18-7-11-25(12-8-18)16-21(28)27(20-5-3-2-4-6-20)15-19-9-13-26(14-10-19)17-23-24-22/h18-20H,2-17H2,1H3. The molecule has 1 saturated carbocycles. The third-order valence-electron chi connectivity index (χ3n) is 7.06. The topological polar surface area (TPSA) is 75.6 Å². The van der Waals surface area contributed by atoms with Crippen LogP contribution >= 0.6 is 0 Å². The van der Waals surface area contributed by atoms with Crippen LogP contribution < -0.4 is 0 Å². The maximum Gasteiger partial charge on any atom is 0.237 e. The van der Waals surface area contributed by atoms with Crippen molar-refractivity contribution in [3.05, 3.63) is 10.4 Å². The normalized spacial score (nSPS) is 24.0. The van der Waals surface area contributed by atoms with Crippen molar-refractivity contribution in [3.8, 4) is 0 Å². The van der Waals surface area contributed by atoms with Gasteiger partial charge in [0.05, 0.1) is 13.2 Å². The molecule has 2 aliphatic heterocycles. The van der Waals surface area contributed by atoms with E-state index in [4.69, 9.17) is 5.53 Å². The second-order valence-corrected chi connectivity index (χ2v) is 9.23. The lowest BCUT2D eigenvalue weighted by Crippen LogP contribution is -2.50. The van der Waals surface area contributed by atoms with E-state index in [9.17, 15) is 4.79 Å². The Kier molecular flexibility index (Phi) is 8.44. The van der Waals surface area contributed by atoms with Crippen LogP contribution in [0.2, 0.25) is 0 Å². The summed E-state index contributed by atoms with van der Waals surface area (Å²) >= 11 is 0. The van der Waals surface area contributed by atoms with E-state index < -0.39 is 0 Å². The Morgan fingerprint density at radius 3 is 2.29 bits per heavy atom. The van der Waals surface area contributed by atoms with E-state index >= 15 is 0 Å². The van der Waals surface area contributed by atoms with Crippen molar-refractivity contribution >= 4 is 5.91 Å². The Bertz CT molecular complexity index is 527. The number of nitrogens with zero attached hydrogens (tertiary/aromatic N) is 6. The summed E-state index contributed by atoms with van der Waals surface area (Å²) in [6, 6.07) is 0.450. The van der Waals surface area contributed by atoms with E-state index in [1.165, 1.54) is 44.9 Å². The number of hydrogen-bond donors (Lipinski definition) is 0. The smallest absolute Gasteiger partial charge is 0.237 e. The average Bonchev–Trinajstić information content (AvgIpc) is 2.73. The number of hydrogen-bond acceptors (Lipinski definition) is 4. The first kappa shape index (κ1) is 21.4. The molecule has 3 fully saturated rings. The summed E-state index contributed by atoms with van der Waals surface area (Å²) in [4.78, 5) is 23.0. The molecule has 2 heterocycles. The predicted molar refractivity (Wildman–Crippen MR) is 112 cm³/mol. The van der Waals surface area contributed by atoms with E-state index in [2.05, 4.69) is 31.6 Å². The van der Waals surface area contributed by atoms with Crippen LogP contribution in [0.3, 0.4) is 0 Å². The van der Waals surface area contributed by atoms with Gasteiger partial charge in [0, 0.05) is 17.5 Å². The number of carbonyl (C=O) groups excluding carboxylic acids is 1. The molecule has 2 saturated heterocycles. The largest absolute Gasteiger partial charge is 0.338 e. The summed E-state index contributed by atoms with van der Waals surface area (Å²) in [6.45, 7) is 8.42. The number of amides is 1. The molecule has 0 unspecified atom stereocenters. The first-order chi connectivity index (χ1) is 13.7. The second-order valence-electron chi connectivity index (χ2n) is 9.23. The molecular formula is C21H38N6O. The Labute approximate surface area is 170 Å². The highest BCUT2D eigenvalue weighted by atomic mass is 16.2. The van der Waals surface area contributed by atoms with Gasteiger partial charge >= 0.3 is 0 Å². The predicted octanol–water partition coefficient (Wildman–Crippen LogP) is 3.86. The Morgan fingerprint density at radius 1 is 1.00 bits per heavy atom. The molecule has 0 atom stereocenters. The quantitative estimate of drug-likeness (QED) is 0.376. The molecule has 0 N–H and O–H groups in total. The van der Waals surface area contributed by atoms with E-state index in [1.807, 2.05) is 0 Å². The zero-order chi connectivity index (χ0) is 19.8. The zero-order valence-corrected chi connectivity index (χ0v) is 17.6. The van der Waals surface area contributed by atoms with Crippen molar-refractivity contribution in [2.75, 3.05) is 45.9 Å². The first-order valence-electron chi connectivity index (χ1n) is 11.4. The molecule has 0 aromatic heterocycles. The highest BCUT2D eigenvalue weighted by Gasteiger charge is 2.30. The average molecular weight is 391 g/mol. The van der Waals surface area contributed by atoms with Gasteiger partial charge in [0.2, 0.25) is 5.91 Å². The minimum atomic E-state index is 0.359. The van der Waals surface area contributed by atoms with Gasteiger partial charge < -0.3 is 4.90 Å². The summed E-state index contributed by atoms with van der Waals surface area (Å²) < 4.78 is 0. The van der Waals surface area contributed by atoms with Crippen molar-refractivity contribution in [2.24, 2.45) is 17.0 Å². The lowest BCUT2D eigenvalue weighted by Gasteiger charge is -2.40. The van der Waals surface area contributed by atoms with E-state index in [0.29, 0.717) is 31.1 Å². The molecule has 0 radical (unpaired) electrons. The summed E-state index contributed by atoms with van der Waals surface area (Å²) in [5.41, 5.74) is 8.51. The molecule has 0 bridgehead atoms. The molecule has 7 nitrogen and oxygen atoms in total. The minimum Gasteiger partial charge on any atom is -0.338 e. The fraction of sp³-hybridized carbons (Fsp3) is 0.952. The van der Waals surface area contributed by atoms with Crippen molar-refractivity contribution in [2.45, 2.75) is 70.8 Å². The van der Waals surface area contributed by atoms with Crippen LogP contribution in [0.5, 0.6) is 0 Å². The van der Waals surface area contributed by atoms with Crippen LogP contribution in [0.25, 0.3) is 10.4 Å². The van der Waals surface area contributed by atoms with Crippen LogP contribution in [-0.4, -0.2) is 72.6 Å². The van der Waals surface area contributed by atoms with E-state index in [0.717, 1.165) is 51.5 Å². The number of rotatable bonds is 7. The minimum absolute atomic E-state index is 0.359. The molecule has 1 aliphatic carbocycles. The lowest BCUT2D eigenvalue weighted by atomic mass is 9.91. The fourth-order valence-electron chi connectivity index (χ4n) is 5.06. The molecule has 158 valence electrons. The van der Waals surface area contributed by atoms with E-state index in [-0.39, 0.29) is 0 Å². The number of carbonyl (C=O) groups is 1. The fourth-order valence-corrected chi connectivity index (χ4v) is 5.06. The summed E-state index contributed by atoms with van der Waals surface area (Å²) in [5, 5.41) is 3.69. The maximum absolute atomic E-state index is 13.3. The molecular weight excluding hydrogens is 352 g/mol. The monoisotopic (exact) mass is 390 g/mol. The molecule has 3 aliphatic rings. The van der Waals surface area contributed by atoms with Crippen molar-refractivity contribution in [1.29, 1.82) is 0 Å². The highest BCUT2D eigenvalue weighted by Crippen LogP contribution is 2.27. The Balaban J connectivity index is 1.54. The van der Waals surface area contributed by atoms with Crippen LogP contribution in [0, 0.1) is 11.8 Å². The van der Waals surface area contributed by atoms with E-state index in [1.54, 1.807) is 0 Å². The number of likely N-dealkylation sites (tertiary alicyclic amines) is 2. The van der Waals surface area contributed by atoms with Gasteiger partial charge in [-0.05, 0) is 82.1 Å². The third kappa shape index (κ3) is 6.36. The van der Waals surface area contributed by atoms with Crippen LogP contribution in [0.15, 0.2) is 5.11 Å². The van der Waals surface area contributed by atoms with Gasteiger partial charge in [-0.25, -0.2) is 0 Å². The lowest BCUT2D eigenvalue weighted by molar-refractivity contribution is -0.137. The van der Waals surface area contributed by atoms with Crippen LogP contribution in [0.1, 0.15) is 64.7 Å². The Hall–Kier alpha value is -1.30. The number of azide groups is 1.